The minimum absolute atomic E-state index is 0.149. The maximum absolute atomic E-state index is 11.6. The molecule has 1 unspecified atom stereocenters. The summed E-state index contributed by atoms with van der Waals surface area (Å²) in [5, 5.41) is 11.8. The first kappa shape index (κ1) is 14.2. The van der Waals surface area contributed by atoms with Gasteiger partial charge in [0.15, 0.2) is 0 Å². The van der Waals surface area contributed by atoms with E-state index in [-0.39, 0.29) is 19.0 Å². The van der Waals surface area contributed by atoms with Gasteiger partial charge in [0.2, 0.25) is 5.91 Å². The molecule has 1 atom stereocenters. The van der Waals surface area contributed by atoms with E-state index in [4.69, 9.17) is 0 Å². The van der Waals surface area contributed by atoms with E-state index in [1.54, 1.807) is 6.92 Å². The van der Waals surface area contributed by atoms with E-state index < -0.39 is 17.4 Å². The molecule has 1 heterocycles. The Kier molecular flexibility index (Phi) is 4.85. The third kappa shape index (κ3) is 3.56. The molecule has 0 saturated carbocycles. The molecule has 18 heavy (non-hydrogen) atoms. The van der Waals surface area contributed by atoms with Gasteiger partial charge in [0.05, 0.1) is 6.10 Å². The number of aliphatic hydroxyl groups is 1. The number of carbonyl (C=O) groups is 1. The van der Waals surface area contributed by atoms with Gasteiger partial charge >= 0.3 is 5.69 Å². The molecule has 0 aliphatic rings. The molecule has 2 N–H and O–H groups in total. The van der Waals surface area contributed by atoms with Gasteiger partial charge in [-0.2, -0.15) is 0 Å². The predicted molar refractivity (Wildman–Crippen MR) is 65.3 cm³/mol. The Balaban J connectivity index is 2.69. The molecule has 0 radical (unpaired) electrons. The summed E-state index contributed by atoms with van der Waals surface area (Å²) in [7, 11) is 1.35. The van der Waals surface area contributed by atoms with Crippen LogP contribution in [-0.4, -0.2) is 32.8 Å². The van der Waals surface area contributed by atoms with E-state index in [9.17, 15) is 19.5 Å². The van der Waals surface area contributed by atoms with Crippen LogP contribution in [0, 0.1) is 0 Å². The van der Waals surface area contributed by atoms with E-state index >= 15 is 0 Å². The molecule has 7 nitrogen and oxygen atoms in total. The van der Waals surface area contributed by atoms with Crippen LogP contribution in [0.2, 0.25) is 0 Å². The summed E-state index contributed by atoms with van der Waals surface area (Å²) in [6.45, 7) is 1.77. The third-order valence-electron chi connectivity index (χ3n) is 2.58. The second-order valence-electron chi connectivity index (χ2n) is 3.99. The zero-order valence-corrected chi connectivity index (χ0v) is 10.4. The Morgan fingerprint density at radius 2 is 2.17 bits per heavy atom. The van der Waals surface area contributed by atoms with Crippen LogP contribution in [0.1, 0.15) is 13.3 Å². The Morgan fingerprint density at radius 1 is 1.50 bits per heavy atom. The molecule has 0 spiro atoms. The Bertz CT molecular complexity index is 532. The van der Waals surface area contributed by atoms with Crippen LogP contribution >= 0.6 is 0 Å². The monoisotopic (exact) mass is 255 g/mol. The lowest BCUT2D eigenvalue weighted by Crippen LogP contribution is -2.41. The first-order valence-electron chi connectivity index (χ1n) is 5.67. The standard InChI is InChI=1S/C11H17N3O4/c1-3-8(15)6-12-9(16)7-14-5-4-10(17)13(2)11(14)18/h4-5,8,15H,3,6-7H2,1-2H3,(H,12,16). The number of rotatable bonds is 5. The van der Waals surface area contributed by atoms with Gasteiger partial charge in [0.25, 0.3) is 5.56 Å². The first-order valence-corrected chi connectivity index (χ1v) is 5.67. The van der Waals surface area contributed by atoms with Gasteiger partial charge in [-0.05, 0) is 6.42 Å². The minimum Gasteiger partial charge on any atom is -0.391 e. The van der Waals surface area contributed by atoms with E-state index in [0.717, 1.165) is 9.13 Å². The fourth-order valence-corrected chi connectivity index (χ4v) is 1.32. The van der Waals surface area contributed by atoms with Crippen LogP contribution in [0.5, 0.6) is 0 Å². The summed E-state index contributed by atoms with van der Waals surface area (Å²) >= 11 is 0. The highest BCUT2D eigenvalue weighted by atomic mass is 16.3. The molecule has 0 aliphatic carbocycles. The van der Waals surface area contributed by atoms with Crippen molar-refractivity contribution in [3.63, 3.8) is 0 Å². The van der Waals surface area contributed by atoms with Gasteiger partial charge in [-0.15, -0.1) is 0 Å². The summed E-state index contributed by atoms with van der Waals surface area (Å²) in [6, 6.07) is 1.22. The number of aliphatic hydroxyl groups excluding tert-OH is 1. The number of hydrogen-bond donors (Lipinski definition) is 2. The Morgan fingerprint density at radius 3 is 2.78 bits per heavy atom. The lowest BCUT2D eigenvalue weighted by atomic mass is 10.3. The highest BCUT2D eigenvalue weighted by Gasteiger charge is 2.08. The summed E-state index contributed by atoms with van der Waals surface area (Å²) < 4.78 is 2.06. The van der Waals surface area contributed by atoms with Gasteiger partial charge in [-0.3, -0.25) is 18.7 Å². The van der Waals surface area contributed by atoms with E-state index in [1.807, 2.05) is 0 Å². The summed E-state index contributed by atoms with van der Waals surface area (Å²) in [6.07, 6.45) is 1.23. The fourth-order valence-electron chi connectivity index (χ4n) is 1.32. The maximum atomic E-state index is 11.6. The van der Waals surface area contributed by atoms with Crippen LogP contribution < -0.4 is 16.6 Å². The van der Waals surface area contributed by atoms with Gasteiger partial charge in [0.1, 0.15) is 6.54 Å². The molecule has 7 heteroatoms. The summed E-state index contributed by atoms with van der Waals surface area (Å²) in [5.74, 6) is -0.386. The normalized spacial score (nSPS) is 12.2. The molecule has 1 amide bonds. The molecule has 0 aromatic carbocycles. The predicted octanol–water partition coefficient (Wildman–Crippen LogP) is -1.57. The number of nitrogens with zero attached hydrogens (tertiary/aromatic N) is 2. The summed E-state index contributed by atoms with van der Waals surface area (Å²) in [5.41, 5.74) is -0.966. The van der Waals surface area contributed by atoms with Crippen molar-refractivity contribution in [2.75, 3.05) is 6.54 Å². The molecular formula is C11H17N3O4. The van der Waals surface area contributed by atoms with E-state index in [1.165, 1.54) is 19.3 Å². The second kappa shape index (κ2) is 6.15. The van der Waals surface area contributed by atoms with E-state index in [2.05, 4.69) is 5.32 Å². The van der Waals surface area contributed by atoms with Crippen LogP contribution in [0.25, 0.3) is 0 Å². The van der Waals surface area contributed by atoms with Crippen molar-refractivity contribution in [2.24, 2.45) is 7.05 Å². The van der Waals surface area contributed by atoms with Crippen molar-refractivity contribution in [3.05, 3.63) is 33.1 Å². The van der Waals surface area contributed by atoms with Crippen molar-refractivity contribution in [3.8, 4) is 0 Å². The highest BCUT2D eigenvalue weighted by Crippen LogP contribution is 1.87. The summed E-state index contributed by atoms with van der Waals surface area (Å²) in [4.78, 5) is 34.3. The van der Waals surface area contributed by atoms with Gasteiger partial charge in [0, 0.05) is 25.9 Å². The second-order valence-corrected chi connectivity index (χ2v) is 3.99. The minimum atomic E-state index is -0.592. The molecule has 1 rings (SSSR count). The van der Waals surface area contributed by atoms with Crippen LogP contribution in [0.3, 0.4) is 0 Å². The average molecular weight is 255 g/mol. The van der Waals surface area contributed by atoms with Crippen molar-refractivity contribution >= 4 is 5.91 Å². The van der Waals surface area contributed by atoms with Crippen molar-refractivity contribution < 1.29 is 9.90 Å². The SMILES string of the molecule is CCC(O)CNC(=O)Cn1ccc(=O)n(C)c1=O. The molecule has 0 fully saturated rings. The van der Waals surface area contributed by atoms with E-state index in [0.29, 0.717) is 6.42 Å². The molecule has 1 aromatic heterocycles. The number of hydrogen-bond acceptors (Lipinski definition) is 4. The van der Waals surface area contributed by atoms with Crippen LogP contribution in [-0.2, 0) is 18.4 Å². The maximum Gasteiger partial charge on any atom is 0.331 e. The lowest BCUT2D eigenvalue weighted by molar-refractivity contribution is -0.122. The zero-order valence-electron chi connectivity index (χ0n) is 10.4. The number of nitrogens with one attached hydrogen (secondary N) is 1. The fraction of sp³-hybridized carbons (Fsp3) is 0.545. The zero-order chi connectivity index (χ0) is 13.7. The van der Waals surface area contributed by atoms with Gasteiger partial charge in [-0.1, -0.05) is 6.92 Å². The van der Waals surface area contributed by atoms with Gasteiger partial charge < -0.3 is 10.4 Å². The highest BCUT2D eigenvalue weighted by molar-refractivity contribution is 5.75. The topological polar surface area (TPSA) is 93.3 Å². The van der Waals surface area contributed by atoms with Crippen molar-refractivity contribution in [1.29, 1.82) is 0 Å². The van der Waals surface area contributed by atoms with Crippen LogP contribution in [0.15, 0.2) is 21.9 Å². The number of amides is 1. The molecular weight excluding hydrogens is 238 g/mol. The molecule has 0 saturated heterocycles. The first-order chi connectivity index (χ1) is 8.45. The van der Waals surface area contributed by atoms with Crippen LogP contribution in [0.4, 0.5) is 0 Å². The number of aromatic nitrogens is 2. The number of carbonyl (C=O) groups excluding carboxylic acids is 1. The van der Waals surface area contributed by atoms with Crippen molar-refractivity contribution in [1.82, 2.24) is 14.5 Å². The Labute approximate surface area is 104 Å². The smallest absolute Gasteiger partial charge is 0.331 e. The van der Waals surface area contributed by atoms with Crippen molar-refractivity contribution in [2.45, 2.75) is 26.0 Å². The average Bonchev–Trinajstić information content (AvgIpc) is 2.36. The molecule has 0 aliphatic heterocycles. The largest absolute Gasteiger partial charge is 0.391 e. The Hall–Kier alpha value is -1.89. The lowest BCUT2D eigenvalue weighted by Gasteiger charge is -2.10. The molecule has 0 bridgehead atoms. The third-order valence-corrected chi connectivity index (χ3v) is 2.58. The van der Waals surface area contributed by atoms with Gasteiger partial charge in [-0.25, -0.2) is 4.79 Å². The quantitative estimate of drug-likeness (QED) is 0.665. The molecule has 100 valence electrons. The molecule has 1 aromatic rings.